The quantitative estimate of drug-likeness (QED) is 0.403. The minimum atomic E-state index is -0.848. The summed E-state index contributed by atoms with van der Waals surface area (Å²) in [4.78, 5) is 39.3. The van der Waals surface area contributed by atoms with Crippen LogP contribution in [0.15, 0.2) is 55.6 Å². The Bertz CT molecular complexity index is 1260. The highest BCUT2D eigenvalue weighted by atomic mass is 79.9. The van der Waals surface area contributed by atoms with Crippen LogP contribution in [0.5, 0.6) is 11.5 Å². The van der Waals surface area contributed by atoms with Crippen LogP contribution in [-0.4, -0.2) is 41.7 Å². The van der Waals surface area contributed by atoms with E-state index in [-0.39, 0.29) is 6.61 Å². The van der Waals surface area contributed by atoms with Crippen LogP contribution in [0.1, 0.15) is 19.4 Å². The van der Waals surface area contributed by atoms with Gasteiger partial charge in [-0.1, -0.05) is 12.1 Å². The van der Waals surface area contributed by atoms with Crippen molar-refractivity contribution in [3.63, 3.8) is 0 Å². The zero-order valence-corrected chi connectivity index (χ0v) is 18.6. The fourth-order valence-electron chi connectivity index (χ4n) is 2.80. The molecule has 0 bridgehead atoms. The Hall–Kier alpha value is -3.40. The van der Waals surface area contributed by atoms with Gasteiger partial charge < -0.3 is 19.2 Å². The Morgan fingerprint density at radius 2 is 2.03 bits per heavy atom. The maximum absolute atomic E-state index is 12.6. The van der Waals surface area contributed by atoms with Crippen LogP contribution in [0.25, 0.3) is 10.9 Å². The van der Waals surface area contributed by atoms with Crippen molar-refractivity contribution < 1.29 is 19.0 Å². The molecule has 0 fully saturated rings. The SMILES string of the molecule is CCOC(=O)[C@H](C)Oc1c(Br)cc(C=Nn2c(=O)[nH]c3ccccc3c2=O)cc1OC. The third kappa shape index (κ3) is 4.85. The van der Waals surface area contributed by atoms with Crippen LogP contribution in [0, 0.1) is 0 Å². The second-order valence-corrected chi connectivity index (χ2v) is 7.24. The fraction of sp³-hybridized carbons (Fsp3) is 0.238. The molecule has 10 heteroatoms. The van der Waals surface area contributed by atoms with Crippen LogP contribution in [-0.2, 0) is 9.53 Å². The van der Waals surface area contributed by atoms with E-state index in [1.165, 1.54) is 13.3 Å². The molecule has 0 radical (unpaired) electrons. The molecule has 162 valence electrons. The van der Waals surface area contributed by atoms with Gasteiger partial charge in [0.2, 0.25) is 0 Å². The molecule has 0 amide bonds. The van der Waals surface area contributed by atoms with Crippen molar-refractivity contribution in [2.45, 2.75) is 20.0 Å². The lowest BCUT2D eigenvalue weighted by Gasteiger charge is -2.17. The molecule has 1 aromatic heterocycles. The predicted molar refractivity (Wildman–Crippen MR) is 119 cm³/mol. The highest BCUT2D eigenvalue weighted by molar-refractivity contribution is 9.10. The van der Waals surface area contributed by atoms with Gasteiger partial charge in [-0.2, -0.15) is 5.10 Å². The van der Waals surface area contributed by atoms with E-state index in [9.17, 15) is 14.4 Å². The first kappa shape index (κ1) is 22.3. The molecule has 3 aromatic rings. The third-order valence-electron chi connectivity index (χ3n) is 4.27. The van der Waals surface area contributed by atoms with Crippen molar-refractivity contribution in [3.8, 4) is 11.5 Å². The lowest BCUT2D eigenvalue weighted by molar-refractivity contribution is -0.150. The second kappa shape index (κ2) is 9.61. The Morgan fingerprint density at radius 1 is 1.29 bits per heavy atom. The number of H-pyrrole nitrogens is 1. The molecule has 0 aliphatic heterocycles. The van der Waals surface area contributed by atoms with Crippen molar-refractivity contribution in [1.82, 2.24) is 9.66 Å². The van der Waals surface area contributed by atoms with Crippen molar-refractivity contribution >= 4 is 39.0 Å². The first-order valence-electron chi connectivity index (χ1n) is 9.35. The summed E-state index contributed by atoms with van der Waals surface area (Å²) in [5.41, 5.74) is -0.232. The average molecular weight is 490 g/mol. The predicted octanol–water partition coefficient (Wildman–Crippen LogP) is 2.67. The molecule has 1 N–H and O–H groups in total. The maximum Gasteiger partial charge on any atom is 0.349 e. The zero-order valence-electron chi connectivity index (χ0n) is 17.0. The van der Waals surface area contributed by atoms with Gasteiger partial charge in [-0.3, -0.25) is 4.79 Å². The number of benzene rings is 2. The van der Waals surface area contributed by atoms with Crippen molar-refractivity contribution in [2.24, 2.45) is 5.10 Å². The van der Waals surface area contributed by atoms with Gasteiger partial charge in [0, 0.05) is 0 Å². The topological polar surface area (TPSA) is 112 Å². The van der Waals surface area contributed by atoms with Crippen LogP contribution in [0.2, 0.25) is 0 Å². The molecular weight excluding hydrogens is 470 g/mol. The zero-order chi connectivity index (χ0) is 22.5. The normalized spacial score (nSPS) is 12.1. The monoisotopic (exact) mass is 489 g/mol. The average Bonchev–Trinajstić information content (AvgIpc) is 2.75. The van der Waals surface area contributed by atoms with E-state index >= 15 is 0 Å². The highest BCUT2D eigenvalue weighted by Gasteiger charge is 2.20. The number of ether oxygens (including phenoxy) is 3. The van der Waals surface area contributed by atoms with Gasteiger partial charge >= 0.3 is 11.7 Å². The summed E-state index contributed by atoms with van der Waals surface area (Å²) in [5.74, 6) is 0.129. The summed E-state index contributed by atoms with van der Waals surface area (Å²) in [6, 6.07) is 9.93. The molecule has 0 saturated carbocycles. The van der Waals surface area contributed by atoms with E-state index in [2.05, 4.69) is 26.0 Å². The summed E-state index contributed by atoms with van der Waals surface area (Å²) in [6.45, 7) is 3.52. The minimum absolute atomic E-state index is 0.244. The number of para-hydroxylation sites is 1. The number of halogens is 1. The molecule has 2 aromatic carbocycles. The van der Waals surface area contributed by atoms with Crippen LogP contribution in [0.4, 0.5) is 0 Å². The number of nitrogens with one attached hydrogen (secondary N) is 1. The van der Waals surface area contributed by atoms with E-state index in [4.69, 9.17) is 14.2 Å². The van der Waals surface area contributed by atoms with Gasteiger partial charge in [-0.25, -0.2) is 9.59 Å². The van der Waals surface area contributed by atoms with Gasteiger partial charge in [0.25, 0.3) is 5.56 Å². The van der Waals surface area contributed by atoms with Gasteiger partial charge in [0.1, 0.15) is 0 Å². The summed E-state index contributed by atoms with van der Waals surface area (Å²) >= 11 is 3.39. The number of rotatable bonds is 7. The number of hydrogen-bond donors (Lipinski definition) is 1. The number of aromatic amines is 1. The van der Waals surface area contributed by atoms with E-state index in [1.807, 2.05) is 0 Å². The number of nitrogens with zero attached hydrogens (tertiary/aromatic N) is 2. The van der Waals surface area contributed by atoms with Gasteiger partial charge in [0.15, 0.2) is 17.6 Å². The Labute approximate surface area is 185 Å². The smallest absolute Gasteiger partial charge is 0.349 e. The number of fused-ring (bicyclic) bond motifs is 1. The standard InChI is InChI=1S/C21H20BrN3O6/c1-4-30-20(27)12(2)31-18-15(22)9-13(10-17(18)29-3)11-23-25-19(26)14-7-5-6-8-16(14)24-21(25)28/h5-12H,4H2,1-3H3,(H,24,28)/t12-/m0/s1. The first-order valence-corrected chi connectivity index (χ1v) is 10.1. The second-order valence-electron chi connectivity index (χ2n) is 6.38. The first-order chi connectivity index (χ1) is 14.8. The number of aromatic nitrogens is 2. The third-order valence-corrected chi connectivity index (χ3v) is 4.86. The molecule has 3 rings (SSSR count). The Balaban J connectivity index is 1.95. The highest BCUT2D eigenvalue weighted by Crippen LogP contribution is 2.37. The largest absolute Gasteiger partial charge is 0.493 e. The van der Waals surface area contributed by atoms with Crippen LogP contribution < -0.4 is 20.7 Å². The molecule has 1 atom stereocenters. The summed E-state index contributed by atoms with van der Waals surface area (Å²) in [5, 5.41) is 4.37. The molecule has 0 aliphatic rings. The van der Waals surface area contributed by atoms with Crippen molar-refractivity contribution in [2.75, 3.05) is 13.7 Å². The Kier molecular flexibility index (Phi) is 6.91. The number of carbonyl (C=O) groups excluding carboxylic acids is 1. The van der Waals surface area contributed by atoms with Gasteiger partial charge in [-0.05, 0) is 59.6 Å². The molecule has 31 heavy (non-hydrogen) atoms. The molecule has 0 saturated heterocycles. The molecule has 1 heterocycles. The summed E-state index contributed by atoms with van der Waals surface area (Å²) < 4.78 is 17.2. The minimum Gasteiger partial charge on any atom is -0.493 e. The molecular formula is C21H20BrN3O6. The number of carbonyl (C=O) groups is 1. The summed E-state index contributed by atoms with van der Waals surface area (Å²) in [7, 11) is 1.45. The number of hydrogen-bond acceptors (Lipinski definition) is 7. The molecule has 9 nitrogen and oxygen atoms in total. The number of methoxy groups -OCH3 is 1. The maximum atomic E-state index is 12.6. The van der Waals surface area contributed by atoms with Crippen LogP contribution in [0.3, 0.4) is 0 Å². The van der Waals surface area contributed by atoms with E-state index in [1.54, 1.807) is 50.2 Å². The van der Waals surface area contributed by atoms with E-state index in [0.29, 0.717) is 32.4 Å². The van der Waals surface area contributed by atoms with Crippen molar-refractivity contribution in [3.05, 3.63) is 67.3 Å². The molecule has 0 unspecified atom stereocenters. The summed E-state index contributed by atoms with van der Waals surface area (Å²) in [6.07, 6.45) is 0.497. The van der Waals surface area contributed by atoms with Crippen LogP contribution >= 0.6 is 15.9 Å². The molecule has 0 aliphatic carbocycles. The fourth-order valence-corrected chi connectivity index (χ4v) is 3.35. The van der Waals surface area contributed by atoms with Crippen molar-refractivity contribution in [1.29, 1.82) is 0 Å². The van der Waals surface area contributed by atoms with E-state index < -0.39 is 23.3 Å². The van der Waals surface area contributed by atoms with Gasteiger partial charge in [0.05, 0.1) is 35.3 Å². The Morgan fingerprint density at radius 3 is 2.74 bits per heavy atom. The number of esters is 1. The lowest BCUT2D eigenvalue weighted by Crippen LogP contribution is -2.32. The van der Waals surface area contributed by atoms with Gasteiger partial charge in [-0.15, -0.1) is 4.68 Å². The lowest BCUT2D eigenvalue weighted by atomic mass is 10.2. The van der Waals surface area contributed by atoms with E-state index in [0.717, 1.165) is 4.68 Å². The molecule has 0 spiro atoms.